The molecular formula is C15H17IN2OS. The van der Waals surface area contributed by atoms with Crippen LogP contribution in [0.15, 0.2) is 46.2 Å². The summed E-state index contributed by atoms with van der Waals surface area (Å²) in [5.74, 6) is 0.293. The number of aromatic hydroxyl groups is 1. The molecule has 5 heteroatoms. The Morgan fingerprint density at radius 3 is 2.50 bits per heavy atom. The number of anilines is 1. The molecule has 0 aromatic heterocycles. The van der Waals surface area contributed by atoms with Crippen molar-refractivity contribution in [2.45, 2.75) is 16.3 Å². The summed E-state index contributed by atoms with van der Waals surface area (Å²) in [6, 6.07) is 11.5. The van der Waals surface area contributed by atoms with Crippen molar-refractivity contribution in [1.29, 1.82) is 0 Å². The molecule has 20 heavy (non-hydrogen) atoms. The second kappa shape index (κ2) is 6.69. The van der Waals surface area contributed by atoms with Crippen LogP contribution in [0.1, 0.15) is 5.56 Å². The fourth-order valence-electron chi connectivity index (χ4n) is 1.86. The van der Waals surface area contributed by atoms with Crippen LogP contribution >= 0.6 is 34.4 Å². The molecule has 0 fully saturated rings. The van der Waals surface area contributed by atoms with Gasteiger partial charge < -0.3 is 15.7 Å². The lowest BCUT2D eigenvalue weighted by Crippen LogP contribution is -2.11. The summed E-state index contributed by atoms with van der Waals surface area (Å²) in [5, 5.41) is 9.65. The van der Waals surface area contributed by atoms with Crippen LogP contribution in [0, 0.1) is 3.57 Å². The van der Waals surface area contributed by atoms with E-state index in [2.05, 4.69) is 27.5 Å². The molecule has 0 amide bonds. The van der Waals surface area contributed by atoms with E-state index >= 15 is 0 Å². The highest BCUT2D eigenvalue weighted by Gasteiger charge is 2.09. The number of benzene rings is 2. The minimum Gasteiger partial charge on any atom is -0.508 e. The summed E-state index contributed by atoms with van der Waals surface area (Å²) in [6.45, 7) is 0.779. The third-order valence-corrected chi connectivity index (χ3v) is 4.60. The maximum atomic E-state index is 9.65. The van der Waals surface area contributed by atoms with Crippen LogP contribution in [-0.4, -0.2) is 24.1 Å². The Morgan fingerprint density at radius 2 is 1.85 bits per heavy atom. The first-order valence-corrected chi connectivity index (χ1v) is 8.05. The zero-order valence-corrected chi connectivity index (χ0v) is 14.4. The molecule has 0 saturated heterocycles. The van der Waals surface area contributed by atoms with E-state index in [1.807, 2.05) is 44.4 Å². The van der Waals surface area contributed by atoms with Gasteiger partial charge in [-0.05, 0) is 78.6 Å². The van der Waals surface area contributed by atoms with Crippen molar-refractivity contribution in [3.63, 3.8) is 0 Å². The maximum Gasteiger partial charge on any atom is 0.115 e. The normalized spacial score (nSPS) is 11.0. The second-order valence-corrected chi connectivity index (χ2v) is 7.14. The van der Waals surface area contributed by atoms with E-state index < -0.39 is 0 Å². The highest BCUT2D eigenvalue weighted by atomic mass is 127. The summed E-state index contributed by atoms with van der Waals surface area (Å²) >= 11 is 3.89. The van der Waals surface area contributed by atoms with Gasteiger partial charge in [0.25, 0.3) is 0 Å². The number of nitrogen functional groups attached to an aromatic ring is 1. The lowest BCUT2D eigenvalue weighted by molar-refractivity contribution is 0.397. The highest BCUT2D eigenvalue weighted by Crippen LogP contribution is 2.36. The van der Waals surface area contributed by atoms with Crippen molar-refractivity contribution < 1.29 is 5.11 Å². The van der Waals surface area contributed by atoms with Crippen molar-refractivity contribution in [1.82, 2.24) is 4.90 Å². The van der Waals surface area contributed by atoms with Crippen LogP contribution < -0.4 is 5.73 Å². The van der Waals surface area contributed by atoms with Gasteiger partial charge in [-0.25, -0.2) is 0 Å². The fraction of sp³-hybridized carbons (Fsp3) is 0.200. The molecule has 0 heterocycles. The number of phenolic OH excluding ortho intramolecular Hbond substituents is 1. The van der Waals surface area contributed by atoms with Gasteiger partial charge in [0.2, 0.25) is 0 Å². The van der Waals surface area contributed by atoms with Crippen molar-refractivity contribution >= 4 is 40.0 Å². The van der Waals surface area contributed by atoms with Gasteiger partial charge in [-0.2, -0.15) is 0 Å². The van der Waals surface area contributed by atoms with E-state index in [0.29, 0.717) is 5.75 Å². The number of hydrogen-bond acceptors (Lipinski definition) is 4. The third-order valence-electron chi connectivity index (χ3n) is 2.72. The van der Waals surface area contributed by atoms with Gasteiger partial charge in [0, 0.05) is 25.6 Å². The molecule has 3 nitrogen and oxygen atoms in total. The second-order valence-electron chi connectivity index (χ2n) is 4.81. The first-order chi connectivity index (χ1) is 9.45. The topological polar surface area (TPSA) is 49.5 Å². The quantitative estimate of drug-likeness (QED) is 0.606. The molecule has 0 atom stereocenters. The maximum absolute atomic E-state index is 9.65. The van der Waals surface area contributed by atoms with E-state index in [1.165, 1.54) is 0 Å². The molecule has 2 aromatic rings. The predicted octanol–water partition coefficient (Wildman–Crippen LogP) is 3.79. The van der Waals surface area contributed by atoms with Crippen LogP contribution in [0.4, 0.5) is 5.69 Å². The summed E-state index contributed by atoms with van der Waals surface area (Å²) in [4.78, 5) is 4.23. The van der Waals surface area contributed by atoms with E-state index in [-0.39, 0.29) is 0 Å². The number of hydrogen-bond donors (Lipinski definition) is 2. The van der Waals surface area contributed by atoms with Crippen LogP contribution in [0.25, 0.3) is 0 Å². The molecule has 2 aromatic carbocycles. The average molecular weight is 400 g/mol. The molecule has 0 unspecified atom stereocenters. The molecule has 0 aliphatic rings. The van der Waals surface area contributed by atoms with Crippen molar-refractivity contribution in [2.75, 3.05) is 19.8 Å². The van der Waals surface area contributed by atoms with Gasteiger partial charge in [-0.3, -0.25) is 0 Å². The zero-order valence-electron chi connectivity index (χ0n) is 11.4. The van der Waals surface area contributed by atoms with Crippen molar-refractivity contribution in [2.24, 2.45) is 0 Å². The predicted molar refractivity (Wildman–Crippen MR) is 93.2 cm³/mol. The number of halogens is 1. The smallest absolute Gasteiger partial charge is 0.115 e. The fourth-order valence-corrected chi connectivity index (χ4v) is 3.32. The molecule has 0 radical (unpaired) electrons. The molecular weight excluding hydrogens is 383 g/mol. The van der Waals surface area contributed by atoms with Gasteiger partial charge in [0.1, 0.15) is 5.75 Å². The molecule has 0 saturated carbocycles. The number of rotatable bonds is 4. The average Bonchev–Trinajstić information content (AvgIpc) is 2.34. The van der Waals surface area contributed by atoms with Crippen LogP contribution in [0.3, 0.4) is 0 Å². The summed E-state index contributed by atoms with van der Waals surface area (Å²) in [6.07, 6.45) is 0. The summed E-state index contributed by atoms with van der Waals surface area (Å²) in [7, 11) is 4.02. The largest absolute Gasteiger partial charge is 0.508 e. The molecule has 0 bridgehead atoms. The van der Waals surface area contributed by atoms with E-state index in [9.17, 15) is 5.11 Å². The summed E-state index contributed by atoms with van der Waals surface area (Å²) < 4.78 is 1.13. The number of nitrogens with zero attached hydrogens (tertiary/aromatic N) is 1. The summed E-state index contributed by atoms with van der Waals surface area (Å²) in [5.41, 5.74) is 7.94. The molecule has 0 spiro atoms. The zero-order chi connectivity index (χ0) is 14.7. The van der Waals surface area contributed by atoms with Crippen molar-refractivity contribution in [3.8, 4) is 5.75 Å². The Labute approximate surface area is 137 Å². The van der Waals surface area contributed by atoms with Crippen LogP contribution in [-0.2, 0) is 6.54 Å². The molecule has 3 N–H and O–H groups in total. The lowest BCUT2D eigenvalue weighted by Gasteiger charge is -2.15. The Bertz CT molecular complexity index is 617. The van der Waals surface area contributed by atoms with Gasteiger partial charge in [-0.15, -0.1) is 0 Å². The van der Waals surface area contributed by atoms with Gasteiger partial charge in [0.05, 0.1) is 0 Å². The minimum absolute atomic E-state index is 0.293. The first kappa shape index (κ1) is 15.5. The number of nitrogens with two attached hydrogens (primary N) is 1. The highest BCUT2D eigenvalue weighted by molar-refractivity contribution is 14.1. The molecule has 106 valence electrons. The van der Waals surface area contributed by atoms with E-state index in [1.54, 1.807) is 17.8 Å². The van der Waals surface area contributed by atoms with E-state index in [4.69, 9.17) is 5.73 Å². The SMILES string of the molecule is CN(C)Cc1cc(O)ccc1Sc1ccc(I)cc1N. The minimum atomic E-state index is 0.293. The standard InChI is InChI=1S/C15H17IN2OS/c1-18(2)9-10-7-12(19)4-6-14(10)20-15-5-3-11(16)8-13(15)17/h3-8,19H,9,17H2,1-2H3. The Kier molecular flexibility index (Phi) is 5.17. The van der Waals surface area contributed by atoms with Gasteiger partial charge >= 0.3 is 0 Å². The number of phenols is 1. The Hall–Kier alpha value is -0.920. The third kappa shape index (κ3) is 4.04. The Morgan fingerprint density at radius 1 is 1.15 bits per heavy atom. The first-order valence-electron chi connectivity index (χ1n) is 6.15. The Balaban J connectivity index is 2.32. The molecule has 0 aliphatic heterocycles. The van der Waals surface area contributed by atoms with Crippen LogP contribution in [0.5, 0.6) is 5.75 Å². The lowest BCUT2D eigenvalue weighted by atomic mass is 10.2. The van der Waals surface area contributed by atoms with E-state index in [0.717, 1.165) is 31.2 Å². The van der Waals surface area contributed by atoms with Crippen molar-refractivity contribution in [3.05, 3.63) is 45.5 Å². The van der Waals surface area contributed by atoms with Gasteiger partial charge in [0.15, 0.2) is 0 Å². The molecule has 2 rings (SSSR count). The molecule has 0 aliphatic carbocycles. The van der Waals surface area contributed by atoms with Gasteiger partial charge in [-0.1, -0.05) is 11.8 Å². The van der Waals surface area contributed by atoms with Crippen LogP contribution in [0.2, 0.25) is 0 Å². The monoisotopic (exact) mass is 400 g/mol.